The van der Waals surface area contributed by atoms with Crippen molar-refractivity contribution in [1.82, 2.24) is 14.5 Å². The minimum atomic E-state index is -0.00537. The van der Waals surface area contributed by atoms with Crippen LogP contribution in [0.5, 0.6) is 0 Å². The zero-order valence-electron chi connectivity index (χ0n) is 8.44. The van der Waals surface area contributed by atoms with Crippen LogP contribution in [0.1, 0.15) is 25.2 Å². The molecule has 0 aliphatic rings. The van der Waals surface area contributed by atoms with Crippen LogP contribution in [-0.4, -0.2) is 14.5 Å². The molecule has 0 fully saturated rings. The highest BCUT2D eigenvalue weighted by atomic mass is 15.1. The number of rotatable bonds is 2. The Hall–Kier alpha value is -1.42. The normalized spacial score (nSPS) is 13.4. The van der Waals surface area contributed by atoms with Crippen LogP contribution < -0.4 is 5.73 Å². The zero-order valence-corrected chi connectivity index (χ0v) is 8.44. The van der Waals surface area contributed by atoms with Crippen molar-refractivity contribution in [3.05, 3.63) is 24.2 Å². The van der Waals surface area contributed by atoms with Gasteiger partial charge in [0.15, 0.2) is 5.65 Å². The third-order valence-electron chi connectivity index (χ3n) is 2.43. The average molecular weight is 190 g/mol. The number of hydrogen-bond acceptors (Lipinski definition) is 3. The van der Waals surface area contributed by atoms with Crippen molar-refractivity contribution >= 4 is 11.2 Å². The number of imidazole rings is 1. The molecule has 1 atom stereocenters. The minimum absolute atomic E-state index is 0.00537. The molecule has 1 unspecified atom stereocenters. The fourth-order valence-corrected chi connectivity index (χ4v) is 1.56. The predicted octanol–water partition coefficient (Wildman–Crippen LogP) is 1.38. The van der Waals surface area contributed by atoms with Gasteiger partial charge in [-0.1, -0.05) is 6.92 Å². The van der Waals surface area contributed by atoms with Crippen molar-refractivity contribution in [2.75, 3.05) is 0 Å². The lowest BCUT2D eigenvalue weighted by Gasteiger charge is -2.07. The van der Waals surface area contributed by atoms with Crippen molar-refractivity contribution in [1.29, 1.82) is 0 Å². The Morgan fingerprint density at radius 3 is 3.00 bits per heavy atom. The quantitative estimate of drug-likeness (QED) is 0.778. The number of nitrogens with zero attached hydrogens (tertiary/aromatic N) is 3. The third kappa shape index (κ3) is 1.28. The molecule has 2 N–H and O–H groups in total. The molecule has 4 nitrogen and oxygen atoms in total. The first-order chi connectivity index (χ1) is 6.74. The van der Waals surface area contributed by atoms with Gasteiger partial charge in [-0.15, -0.1) is 0 Å². The topological polar surface area (TPSA) is 56.7 Å². The molecule has 0 aliphatic carbocycles. The Balaban J connectivity index is 2.62. The molecule has 0 saturated heterocycles. The Bertz CT molecular complexity index is 446. The number of pyridine rings is 1. The first-order valence-corrected chi connectivity index (χ1v) is 4.77. The summed E-state index contributed by atoms with van der Waals surface area (Å²) in [7, 11) is 1.95. The van der Waals surface area contributed by atoms with Crippen molar-refractivity contribution in [3.63, 3.8) is 0 Å². The smallest absolute Gasteiger partial charge is 0.159 e. The van der Waals surface area contributed by atoms with Crippen LogP contribution in [0.4, 0.5) is 0 Å². The maximum atomic E-state index is 5.95. The van der Waals surface area contributed by atoms with E-state index in [1.165, 1.54) is 0 Å². The summed E-state index contributed by atoms with van der Waals surface area (Å²) in [5, 5.41) is 0. The van der Waals surface area contributed by atoms with E-state index in [9.17, 15) is 0 Å². The molecular formula is C10H14N4. The molecule has 0 spiro atoms. The van der Waals surface area contributed by atoms with Gasteiger partial charge in [0.25, 0.3) is 0 Å². The first-order valence-electron chi connectivity index (χ1n) is 4.77. The third-order valence-corrected chi connectivity index (χ3v) is 2.43. The molecule has 0 aliphatic heterocycles. The van der Waals surface area contributed by atoms with Gasteiger partial charge >= 0.3 is 0 Å². The summed E-state index contributed by atoms with van der Waals surface area (Å²) >= 11 is 0. The molecule has 2 aromatic rings. The molecule has 0 saturated carbocycles. The molecule has 0 radical (unpaired) electrons. The second kappa shape index (κ2) is 3.38. The lowest BCUT2D eigenvalue weighted by molar-refractivity contribution is 0.622. The summed E-state index contributed by atoms with van der Waals surface area (Å²) in [6, 6.07) is 3.83. The molecule has 2 rings (SSSR count). The Morgan fingerprint density at radius 2 is 2.36 bits per heavy atom. The van der Waals surface area contributed by atoms with E-state index in [0.717, 1.165) is 23.4 Å². The molecule has 14 heavy (non-hydrogen) atoms. The van der Waals surface area contributed by atoms with Crippen LogP contribution in [-0.2, 0) is 7.05 Å². The van der Waals surface area contributed by atoms with E-state index < -0.39 is 0 Å². The summed E-state index contributed by atoms with van der Waals surface area (Å²) in [5.74, 6) is 0.904. The number of aryl methyl sites for hydroxylation is 1. The molecular weight excluding hydrogens is 176 g/mol. The minimum Gasteiger partial charge on any atom is -0.321 e. The van der Waals surface area contributed by atoms with E-state index >= 15 is 0 Å². The Morgan fingerprint density at radius 1 is 1.57 bits per heavy atom. The monoisotopic (exact) mass is 190 g/mol. The molecule has 2 aromatic heterocycles. The van der Waals surface area contributed by atoms with E-state index in [1.54, 1.807) is 6.20 Å². The van der Waals surface area contributed by atoms with Gasteiger partial charge in [-0.25, -0.2) is 9.97 Å². The molecule has 74 valence electrons. The number of nitrogens with two attached hydrogens (primary N) is 1. The van der Waals surface area contributed by atoms with Crippen LogP contribution in [0, 0.1) is 0 Å². The summed E-state index contributed by atoms with van der Waals surface area (Å²) in [6.07, 6.45) is 2.66. The number of aromatic nitrogens is 3. The lowest BCUT2D eigenvalue weighted by atomic mass is 10.2. The van der Waals surface area contributed by atoms with Crippen LogP contribution in [0.15, 0.2) is 18.3 Å². The summed E-state index contributed by atoms with van der Waals surface area (Å²) in [4.78, 5) is 8.72. The zero-order chi connectivity index (χ0) is 10.1. The SMILES string of the molecule is CCC(N)c1nc2cccnc2n1C. The van der Waals surface area contributed by atoms with E-state index in [-0.39, 0.29) is 6.04 Å². The fourth-order valence-electron chi connectivity index (χ4n) is 1.56. The van der Waals surface area contributed by atoms with Gasteiger partial charge < -0.3 is 10.3 Å². The lowest BCUT2D eigenvalue weighted by Crippen LogP contribution is -2.14. The molecule has 0 amide bonds. The van der Waals surface area contributed by atoms with Crippen molar-refractivity contribution in [3.8, 4) is 0 Å². The van der Waals surface area contributed by atoms with Crippen LogP contribution in [0.3, 0.4) is 0 Å². The van der Waals surface area contributed by atoms with Gasteiger partial charge in [0, 0.05) is 13.2 Å². The highest BCUT2D eigenvalue weighted by Crippen LogP contribution is 2.17. The van der Waals surface area contributed by atoms with Gasteiger partial charge in [0.1, 0.15) is 11.3 Å². The second-order valence-electron chi connectivity index (χ2n) is 3.39. The maximum Gasteiger partial charge on any atom is 0.159 e. The second-order valence-corrected chi connectivity index (χ2v) is 3.39. The van der Waals surface area contributed by atoms with Gasteiger partial charge in [0.05, 0.1) is 6.04 Å². The Kier molecular flexibility index (Phi) is 2.21. The summed E-state index contributed by atoms with van der Waals surface area (Å²) < 4.78 is 1.96. The standard InChI is InChI=1S/C10H14N4/c1-3-7(11)9-13-8-5-4-6-12-10(8)14(9)2/h4-7H,3,11H2,1-2H3. The average Bonchev–Trinajstić information content (AvgIpc) is 2.56. The van der Waals surface area contributed by atoms with Crippen molar-refractivity contribution < 1.29 is 0 Å². The fraction of sp³-hybridized carbons (Fsp3) is 0.400. The molecule has 2 heterocycles. The van der Waals surface area contributed by atoms with Crippen LogP contribution >= 0.6 is 0 Å². The van der Waals surface area contributed by atoms with E-state index in [1.807, 2.05) is 23.7 Å². The molecule has 0 bridgehead atoms. The van der Waals surface area contributed by atoms with Crippen molar-refractivity contribution in [2.45, 2.75) is 19.4 Å². The van der Waals surface area contributed by atoms with E-state index in [4.69, 9.17) is 5.73 Å². The predicted molar refractivity (Wildman–Crippen MR) is 55.7 cm³/mol. The summed E-state index contributed by atoms with van der Waals surface area (Å²) in [6.45, 7) is 2.05. The molecule has 4 heteroatoms. The largest absolute Gasteiger partial charge is 0.321 e. The number of hydrogen-bond donors (Lipinski definition) is 1. The van der Waals surface area contributed by atoms with Gasteiger partial charge in [-0.2, -0.15) is 0 Å². The van der Waals surface area contributed by atoms with Crippen LogP contribution in [0.25, 0.3) is 11.2 Å². The van der Waals surface area contributed by atoms with Gasteiger partial charge in [0.2, 0.25) is 0 Å². The highest BCUT2D eigenvalue weighted by Gasteiger charge is 2.13. The van der Waals surface area contributed by atoms with Crippen LogP contribution in [0.2, 0.25) is 0 Å². The number of fused-ring (bicyclic) bond motifs is 1. The van der Waals surface area contributed by atoms with Crippen molar-refractivity contribution in [2.24, 2.45) is 12.8 Å². The first kappa shape index (κ1) is 9.15. The van der Waals surface area contributed by atoms with E-state index in [0.29, 0.717) is 0 Å². The highest BCUT2D eigenvalue weighted by molar-refractivity contribution is 5.71. The summed E-state index contributed by atoms with van der Waals surface area (Å²) in [5.41, 5.74) is 7.75. The molecule has 0 aromatic carbocycles. The Labute approximate surface area is 82.8 Å². The van der Waals surface area contributed by atoms with E-state index in [2.05, 4.69) is 16.9 Å². The maximum absolute atomic E-state index is 5.95. The van der Waals surface area contributed by atoms with Gasteiger partial charge in [-0.3, -0.25) is 0 Å². The van der Waals surface area contributed by atoms with Gasteiger partial charge in [-0.05, 0) is 18.6 Å².